The maximum absolute atomic E-state index is 5.99. The quantitative estimate of drug-likeness (QED) is 0.705. The molecule has 0 amide bonds. The van der Waals surface area contributed by atoms with Crippen LogP contribution in [0.4, 0.5) is 0 Å². The molecule has 0 saturated carbocycles. The minimum absolute atomic E-state index is 0.365. The van der Waals surface area contributed by atoms with Gasteiger partial charge in [0.1, 0.15) is 5.75 Å². The number of ether oxygens (including phenoxy) is 1. The topological polar surface area (TPSA) is 47.9 Å². The SMILES string of the molecule is Clc1nnc(Oc2cccnc2)c2ccccc12. The molecule has 0 aliphatic carbocycles. The van der Waals surface area contributed by atoms with Crippen LogP contribution < -0.4 is 4.74 Å². The van der Waals surface area contributed by atoms with Crippen LogP contribution in [-0.4, -0.2) is 15.2 Å². The molecule has 0 saturated heterocycles. The molecule has 0 atom stereocenters. The van der Waals surface area contributed by atoms with Gasteiger partial charge >= 0.3 is 0 Å². The lowest BCUT2D eigenvalue weighted by molar-refractivity contribution is 0.460. The first-order chi connectivity index (χ1) is 8.84. The second kappa shape index (κ2) is 4.58. The highest BCUT2D eigenvalue weighted by molar-refractivity contribution is 6.34. The van der Waals surface area contributed by atoms with E-state index in [0.717, 1.165) is 10.8 Å². The van der Waals surface area contributed by atoms with Crippen LogP contribution in [-0.2, 0) is 0 Å². The van der Waals surface area contributed by atoms with Gasteiger partial charge in [-0.05, 0) is 18.2 Å². The molecule has 0 radical (unpaired) electrons. The fourth-order valence-electron chi connectivity index (χ4n) is 1.64. The van der Waals surface area contributed by atoms with Gasteiger partial charge in [-0.15, -0.1) is 10.2 Å². The highest BCUT2D eigenvalue weighted by Gasteiger charge is 2.09. The smallest absolute Gasteiger partial charge is 0.246 e. The summed E-state index contributed by atoms with van der Waals surface area (Å²) in [4.78, 5) is 3.98. The predicted octanol–water partition coefficient (Wildman–Crippen LogP) is 3.47. The van der Waals surface area contributed by atoms with Crippen molar-refractivity contribution in [2.45, 2.75) is 0 Å². The summed E-state index contributed by atoms with van der Waals surface area (Å²) in [5, 5.41) is 9.84. The Hall–Kier alpha value is -2.20. The highest BCUT2D eigenvalue weighted by Crippen LogP contribution is 2.29. The average molecular weight is 258 g/mol. The first kappa shape index (κ1) is 10.9. The normalized spacial score (nSPS) is 10.5. The third kappa shape index (κ3) is 1.98. The molecule has 4 nitrogen and oxygen atoms in total. The molecule has 1 aromatic carbocycles. The zero-order chi connectivity index (χ0) is 12.4. The van der Waals surface area contributed by atoms with E-state index < -0.39 is 0 Å². The van der Waals surface area contributed by atoms with Crippen LogP contribution in [0.15, 0.2) is 48.8 Å². The Morgan fingerprint density at radius 3 is 2.56 bits per heavy atom. The number of aromatic nitrogens is 3. The van der Waals surface area contributed by atoms with E-state index in [2.05, 4.69) is 15.2 Å². The summed E-state index contributed by atoms with van der Waals surface area (Å²) in [6, 6.07) is 11.2. The van der Waals surface area contributed by atoms with Crippen LogP contribution in [0, 0.1) is 0 Å². The molecular formula is C13H8ClN3O. The second-order valence-corrected chi connectivity index (χ2v) is 3.99. The average Bonchev–Trinajstić information content (AvgIpc) is 2.44. The van der Waals surface area contributed by atoms with Gasteiger partial charge in [-0.3, -0.25) is 4.98 Å². The fraction of sp³-hybridized carbons (Fsp3) is 0. The molecular weight excluding hydrogens is 250 g/mol. The molecule has 18 heavy (non-hydrogen) atoms. The molecule has 0 fully saturated rings. The monoisotopic (exact) mass is 257 g/mol. The molecule has 0 aliphatic heterocycles. The molecule has 0 spiro atoms. The summed E-state index contributed by atoms with van der Waals surface area (Å²) in [7, 11) is 0. The van der Waals surface area contributed by atoms with Gasteiger partial charge in [0, 0.05) is 17.0 Å². The van der Waals surface area contributed by atoms with E-state index in [1.807, 2.05) is 24.3 Å². The van der Waals surface area contributed by atoms with E-state index in [1.54, 1.807) is 24.5 Å². The van der Waals surface area contributed by atoms with Gasteiger partial charge in [0.05, 0.1) is 6.20 Å². The number of hydrogen-bond donors (Lipinski definition) is 0. The van der Waals surface area contributed by atoms with E-state index in [9.17, 15) is 0 Å². The van der Waals surface area contributed by atoms with Crippen LogP contribution in [0.1, 0.15) is 0 Å². The lowest BCUT2D eigenvalue weighted by atomic mass is 10.2. The fourth-order valence-corrected chi connectivity index (χ4v) is 1.84. The first-order valence-corrected chi connectivity index (χ1v) is 5.71. The molecule has 3 rings (SSSR count). The van der Waals surface area contributed by atoms with Crippen molar-refractivity contribution in [1.82, 2.24) is 15.2 Å². The predicted molar refractivity (Wildman–Crippen MR) is 68.9 cm³/mol. The number of nitrogens with zero attached hydrogens (tertiary/aromatic N) is 3. The number of benzene rings is 1. The molecule has 0 aliphatic rings. The number of fused-ring (bicyclic) bond motifs is 1. The summed E-state index contributed by atoms with van der Waals surface area (Å²) in [5.74, 6) is 1.03. The maximum atomic E-state index is 5.99. The van der Waals surface area contributed by atoms with E-state index in [1.165, 1.54) is 0 Å². The van der Waals surface area contributed by atoms with Crippen molar-refractivity contribution in [3.05, 3.63) is 53.9 Å². The molecule has 2 aromatic heterocycles. The molecule has 0 N–H and O–H groups in total. The number of halogens is 1. The van der Waals surface area contributed by atoms with Gasteiger partial charge in [-0.25, -0.2) is 0 Å². The Balaban J connectivity index is 2.10. The van der Waals surface area contributed by atoms with Crippen molar-refractivity contribution in [3.63, 3.8) is 0 Å². The standard InChI is InChI=1S/C13H8ClN3O/c14-12-10-5-1-2-6-11(10)13(17-16-12)18-9-4-3-7-15-8-9/h1-8H. The summed E-state index contributed by atoms with van der Waals surface area (Å²) in [5.41, 5.74) is 0. The Morgan fingerprint density at radius 2 is 1.78 bits per heavy atom. The van der Waals surface area contributed by atoms with E-state index in [0.29, 0.717) is 16.8 Å². The summed E-state index contributed by atoms with van der Waals surface area (Å²) in [6.07, 6.45) is 3.30. The number of rotatable bonds is 2. The molecule has 0 bridgehead atoms. The molecule has 88 valence electrons. The minimum atomic E-state index is 0.365. The van der Waals surface area contributed by atoms with Crippen molar-refractivity contribution in [2.75, 3.05) is 0 Å². The largest absolute Gasteiger partial charge is 0.435 e. The zero-order valence-electron chi connectivity index (χ0n) is 9.25. The molecule has 3 aromatic rings. The third-order valence-electron chi connectivity index (χ3n) is 2.46. The van der Waals surface area contributed by atoms with Crippen LogP contribution in [0.2, 0.25) is 5.15 Å². The molecule has 0 unspecified atom stereocenters. The van der Waals surface area contributed by atoms with Gasteiger partial charge in [0.25, 0.3) is 0 Å². The Labute approximate surface area is 108 Å². The Bertz CT molecular complexity index is 688. The zero-order valence-corrected chi connectivity index (χ0v) is 10.0. The lowest BCUT2D eigenvalue weighted by Gasteiger charge is -2.07. The summed E-state index contributed by atoms with van der Waals surface area (Å²) in [6.45, 7) is 0. The highest BCUT2D eigenvalue weighted by atomic mass is 35.5. The molecule has 5 heteroatoms. The van der Waals surface area contributed by atoms with Crippen LogP contribution in [0.3, 0.4) is 0 Å². The summed E-state index contributed by atoms with van der Waals surface area (Å²) < 4.78 is 5.65. The Kier molecular flexibility index (Phi) is 2.78. The van der Waals surface area contributed by atoms with Crippen molar-refractivity contribution < 1.29 is 4.74 Å². The van der Waals surface area contributed by atoms with Gasteiger partial charge in [0.15, 0.2) is 5.15 Å². The van der Waals surface area contributed by atoms with E-state index >= 15 is 0 Å². The minimum Gasteiger partial charge on any atom is -0.435 e. The van der Waals surface area contributed by atoms with E-state index in [-0.39, 0.29) is 0 Å². The second-order valence-electron chi connectivity index (χ2n) is 3.63. The van der Waals surface area contributed by atoms with Gasteiger partial charge in [-0.2, -0.15) is 0 Å². The van der Waals surface area contributed by atoms with Crippen molar-refractivity contribution in [1.29, 1.82) is 0 Å². The first-order valence-electron chi connectivity index (χ1n) is 5.33. The van der Waals surface area contributed by atoms with Crippen LogP contribution in [0.5, 0.6) is 11.6 Å². The van der Waals surface area contributed by atoms with Gasteiger partial charge in [-0.1, -0.05) is 29.8 Å². The van der Waals surface area contributed by atoms with E-state index in [4.69, 9.17) is 16.3 Å². The van der Waals surface area contributed by atoms with Gasteiger partial charge in [0.2, 0.25) is 5.88 Å². The van der Waals surface area contributed by atoms with Crippen LogP contribution in [0.25, 0.3) is 10.8 Å². The van der Waals surface area contributed by atoms with Crippen molar-refractivity contribution >= 4 is 22.4 Å². The van der Waals surface area contributed by atoms with Gasteiger partial charge < -0.3 is 4.74 Å². The number of hydrogen-bond acceptors (Lipinski definition) is 4. The number of pyridine rings is 1. The Morgan fingerprint density at radius 1 is 0.944 bits per heavy atom. The lowest BCUT2D eigenvalue weighted by Crippen LogP contribution is -1.93. The molecule has 2 heterocycles. The van der Waals surface area contributed by atoms with Crippen molar-refractivity contribution in [3.8, 4) is 11.6 Å². The maximum Gasteiger partial charge on any atom is 0.246 e. The van der Waals surface area contributed by atoms with Crippen LogP contribution >= 0.6 is 11.6 Å². The summed E-state index contributed by atoms with van der Waals surface area (Å²) >= 11 is 5.99. The van der Waals surface area contributed by atoms with Crippen molar-refractivity contribution in [2.24, 2.45) is 0 Å². The third-order valence-corrected chi connectivity index (χ3v) is 2.74.